The van der Waals surface area contributed by atoms with Crippen LogP contribution in [-0.2, 0) is 32.6 Å². The number of sulfonamides is 1. The number of hydrogen-bond acceptors (Lipinski definition) is 4. The molecule has 2 aromatic carbocycles. The molecule has 0 saturated carbocycles. The molecular formula is C23H26F3NO6S. The van der Waals surface area contributed by atoms with E-state index in [-0.39, 0.29) is 11.7 Å². The molecule has 0 saturated heterocycles. The fourth-order valence-corrected chi connectivity index (χ4v) is 5.35. The van der Waals surface area contributed by atoms with Crippen LogP contribution in [0.25, 0.3) is 11.1 Å². The first-order valence-corrected chi connectivity index (χ1v) is 12.0. The smallest absolute Gasteiger partial charge is 0.481 e. The second kappa shape index (κ2) is 11.0. The van der Waals surface area contributed by atoms with Gasteiger partial charge in [-0.15, -0.1) is 0 Å². The molecule has 34 heavy (non-hydrogen) atoms. The molecule has 2 aromatic rings. The highest BCUT2D eigenvalue weighted by atomic mass is 32.2. The van der Waals surface area contributed by atoms with Crippen LogP contribution in [0.3, 0.4) is 0 Å². The molecule has 0 aromatic heterocycles. The maximum Gasteiger partial charge on any atom is 0.490 e. The zero-order chi connectivity index (χ0) is 25.7. The second-order valence-corrected chi connectivity index (χ2v) is 10.2. The summed E-state index contributed by atoms with van der Waals surface area (Å²) in [5.41, 5.74) is 4.40. The van der Waals surface area contributed by atoms with Gasteiger partial charge >= 0.3 is 18.1 Å². The van der Waals surface area contributed by atoms with Gasteiger partial charge in [-0.2, -0.15) is 17.5 Å². The Morgan fingerprint density at radius 3 is 2.09 bits per heavy atom. The van der Waals surface area contributed by atoms with Crippen LogP contribution in [0.5, 0.6) is 0 Å². The number of carboxylic acids is 2. The monoisotopic (exact) mass is 501 g/mol. The molecule has 0 radical (unpaired) electrons. The van der Waals surface area contributed by atoms with Crippen LogP contribution < -0.4 is 0 Å². The Morgan fingerprint density at radius 2 is 1.59 bits per heavy atom. The molecule has 0 spiro atoms. The number of alkyl halides is 3. The van der Waals surface area contributed by atoms with E-state index in [1.165, 1.54) is 4.31 Å². The highest BCUT2D eigenvalue weighted by molar-refractivity contribution is 7.89. The van der Waals surface area contributed by atoms with Gasteiger partial charge in [-0.25, -0.2) is 13.2 Å². The first-order valence-electron chi connectivity index (χ1n) is 10.4. The van der Waals surface area contributed by atoms with Crippen molar-refractivity contribution in [3.63, 3.8) is 0 Å². The molecule has 0 fully saturated rings. The van der Waals surface area contributed by atoms with Crippen molar-refractivity contribution < 1.29 is 41.4 Å². The van der Waals surface area contributed by atoms with Gasteiger partial charge in [0.1, 0.15) is 0 Å². The van der Waals surface area contributed by atoms with Gasteiger partial charge in [0.25, 0.3) is 0 Å². The lowest BCUT2D eigenvalue weighted by Gasteiger charge is -2.30. The van der Waals surface area contributed by atoms with Crippen molar-refractivity contribution in [3.8, 4) is 11.1 Å². The number of nitrogens with zero attached hydrogens (tertiary/aromatic N) is 1. The Morgan fingerprint density at radius 1 is 1.00 bits per heavy atom. The summed E-state index contributed by atoms with van der Waals surface area (Å²) in [4.78, 5) is 20.3. The maximum absolute atomic E-state index is 12.8. The molecule has 0 amide bonds. The lowest BCUT2D eigenvalue weighted by atomic mass is 9.95. The molecule has 7 nitrogen and oxygen atoms in total. The van der Waals surface area contributed by atoms with Crippen LogP contribution in [0, 0.1) is 11.8 Å². The standard InChI is InChI=1S/C21H25NO4S.C2HF3O2/c1-15(2)20(21(23)24)14-27(25,26)22-11-10-18-12-17(8-9-19(18)13-22)16-6-4-3-5-7-16;3-2(4,5)1(6)7/h3-9,12,15,20H,10-11,13-14H2,1-2H3,(H,23,24);(H,6,7). The molecule has 0 aliphatic carbocycles. The van der Waals surface area contributed by atoms with E-state index >= 15 is 0 Å². The minimum atomic E-state index is -5.08. The van der Waals surface area contributed by atoms with Gasteiger partial charge in [0.05, 0.1) is 11.7 Å². The zero-order valence-corrected chi connectivity index (χ0v) is 19.4. The maximum atomic E-state index is 12.8. The van der Waals surface area contributed by atoms with Crippen LogP contribution in [0.2, 0.25) is 0 Å². The number of benzene rings is 2. The quantitative estimate of drug-likeness (QED) is 0.618. The van der Waals surface area contributed by atoms with E-state index in [1.807, 2.05) is 30.3 Å². The van der Waals surface area contributed by atoms with Crippen LogP contribution in [0.15, 0.2) is 48.5 Å². The molecule has 1 aliphatic rings. The van der Waals surface area contributed by atoms with Crippen LogP contribution in [0.4, 0.5) is 13.2 Å². The SMILES string of the molecule is CC(C)C(CS(=O)(=O)N1CCc2cc(-c3ccccc3)ccc2C1)C(=O)O.O=C(O)C(F)(F)F. The average molecular weight is 502 g/mol. The molecule has 0 bridgehead atoms. The van der Waals surface area contributed by atoms with Crippen molar-refractivity contribution in [2.75, 3.05) is 12.3 Å². The third kappa shape index (κ3) is 7.29. The fourth-order valence-electron chi connectivity index (χ4n) is 3.46. The van der Waals surface area contributed by atoms with E-state index in [1.54, 1.807) is 13.8 Å². The minimum absolute atomic E-state index is 0.234. The van der Waals surface area contributed by atoms with E-state index in [0.29, 0.717) is 19.5 Å². The number of halogens is 3. The molecule has 186 valence electrons. The van der Waals surface area contributed by atoms with Gasteiger partial charge in [0, 0.05) is 13.1 Å². The first kappa shape index (κ1) is 27.3. The Balaban J connectivity index is 0.000000509. The number of fused-ring (bicyclic) bond motifs is 1. The second-order valence-electron chi connectivity index (χ2n) is 8.20. The normalized spacial score (nSPS) is 15.1. The van der Waals surface area contributed by atoms with Crippen molar-refractivity contribution in [2.24, 2.45) is 11.8 Å². The molecule has 1 unspecified atom stereocenters. The van der Waals surface area contributed by atoms with Crippen molar-refractivity contribution in [1.29, 1.82) is 0 Å². The van der Waals surface area contributed by atoms with Crippen LogP contribution in [0.1, 0.15) is 25.0 Å². The van der Waals surface area contributed by atoms with E-state index in [2.05, 4.69) is 18.2 Å². The third-order valence-corrected chi connectivity index (χ3v) is 7.32. The summed E-state index contributed by atoms with van der Waals surface area (Å²) in [6.45, 7) is 4.17. The van der Waals surface area contributed by atoms with Crippen molar-refractivity contribution in [3.05, 3.63) is 59.7 Å². The summed E-state index contributed by atoms with van der Waals surface area (Å²) in [7, 11) is -3.63. The first-order chi connectivity index (χ1) is 15.7. The highest BCUT2D eigenvalue weighted by Gasteiger charge is 2.38. The van der Waals surface area contributed by atoms with Gasteiger partial charge in [-0.3, -0.25) is 4.79 Å². The predicted molar refractivity (Wildman–Crippen MR) is 119 cm³/mol. The Bertz CT molecular complexity index is 1120. The van der Waals surface area contributed by atoms with Crippen molar-refractivity contribution in [2.45, 2.75) is 33.0 Å². The van der Waals surface area contributed by atoms with Gasteiger partial charge in [0.15, 0.2) is 0 Å². The topological polar surface area (TPSA) is 112 Å². The van der Waals surface area contributed by atoms with Crippen LogP contribution >= 0.6 is 0 Å². The van der Waals surface area contributed by atoms with E-state index < -0.39 is 34.1 Å². The predicted octanol–water partition coefficient (Wildman–Crippen LogP) is 4.03. The summed E-state index contributed by atoms with van der Waals surface area (Å²) in [6, 6.07) is 16.2. The molecule has 3 rings (SSSR count). The van der Waals surface area contributed by atoms with Crippen molar-refractivity contribution in [1.82, 2.24) is 4.31 Å². The summed E-state index contributed by atoms with van der Waals surface area (Å²) in [6.07, 6.45) is -4.45. The highest BCUT2D eigenvalue weighted by Crippen LogP contribution is 2.28. The number of carboxylic acid groups (broad SMARTS) is 2. The lowest BCUT2D eigenvalue weighted by Crippen LogP contribution is -2.41. The average Bonchev–Trinajstić information content (AvgIpc) is 2.76. The molecule has 2 N–H and O–H groups in total. The Kier molecular flexibility index (Phi) is 8.84. The largest absolute Gasteiger partial charge is 0.490 e. The fraction of sp³-hybridized carbons (Fsp3) is 0.391. The third-order valence-electron chi connectivity index (χ3n) is 5.44. The zero-order valence-electron chi connectivity index (χ0n) is 18.6. The van der Waals surface area contributed by atoms with Gasteiger partial charge < -0.3 is 10.2 Å². The van der Waals surface area contributed by atoms with Gasteiger partial charge in [-0.1, -0.05) is 62.4 Å². The van der Waals surface area contributed by atoms with Crippen molar-refractivity contribution >= 4 is 22.0 Å². The minimum Gasteiger partial charge on any atom is -0.481 e. The van der Waals surface area contributed by atoms with E-state index in [4.69, 9.17) is 9.90 Å². The summed E-state index contributed by atoms with van der Waals surface area (Å²) >= 11 is 0. The molecule has 1 atom stereocenters. The summed E-state index contributed by atoms with van der Waals surface area (Å²) in [5, 5.41) is 16.4. The summed E-state index contributed by atoms with van der Waals surface area (Å²) < 4.78 is 58.7. The molecular weight excluding hydrogens is 475 g/mol. The molecule has 1 aliphatic heterocycles. The van der Waals surface area contributed by atoms with Gasteiger partial charge in [-0.05, 0) is 34.6 Å². The lowest BCUT2D eigenvalue weighted by molar-refractivity contribution is -0.192. The number of rotatable bonds is 6. The number of carbonyl (C=O) groups is 2. The Labute approximate surface area is 195 Å². The summed E-state index contributed by atoms with van der Waals surface area (Å²) in [5.74, 6) is -5.29. The van der Waals surface area contributed by atoms with Gasteiger partial charge in [0.2, 0.25) is 10.0 Å². The molecule has 11 heteroatoms. The number of hydrogen-bond donors (Lipinski definition) is 2. The van der Waals surface area contributed by atoms with Crippen LogP contribution in [-0.4, -0.2) is 53.3 Å². The molecule has 1 heterocycles. The van der Waals surface area contributed by atoms with E-state index in [0.717, 1.165) is 22.3 Å². The number of aliphatic carboxylic acids is 2. The van der Waals surface area contributed by atoms with E-state index in [9.17, 15) is 31.5 Å². The Hall–Kier alpha value is -2.92.